The van der Waals surface area contributed by atoms with Crippen molar-refractivity contribution in [3.05, 3.63) is 16.5 Å². The first-order valence-corrected chi connectivity index (χ1v) is 5.50. The summed E-state index contributed by atoms with van der Waals surface area (Å²) in [7, 11) is 3.55. The van der Waals surface area contributed by atoms with E-state index in [2.05, 4.69) is 5.32 Å². The number of rotatable bonds is 4. The number of amides is 1. The average molecular weight is 242 g/mol. The van der Waals surface area contributed by atoms with E-state index in [-0.39, 0.29) is 18.0 Å². The molecule has 0 spiro atoms. The summed E-state index contributed by atoms with van der Waals surface area (Å²) in [6.45, 7) is 2.04. The SMILES string of the molecule is Cc1cc(C(=O)O)c(NC(=O)CN(C)C)s1. The molecule has 0 atom stereocenters. The molecule has 6 heteroatoms. The maximum atomic E-state index is 11.5. The molecule has 0 aliphatic heterocycles. The Morgan fingerprint density at radius 1 is 1.50 bits per heavy atom. The van der Waals surface area contributed by atoms with Crippen molar-refractivity contribution in [3.63, 3.8) is 0 Å². The molecule has 1 amide bonds. The number of likely N-dealkylation sites (N-methyl/N-ethyl adjacent to an activating group) is 1. The third kappa shape index (κ3) is 3.32. The molecule has 0 bridgehead atoms. The van der Waals surface area contributed by atoms with Gasteiger partial charge >= 0.3 is 5.97 Å². The van der Waals surface area contributed by atoms with Crippen LogP contribution in [0.4, 0.5) is 5.00 Å². The van der Waals surface area contributed by atoms with Gasteiger partial charge < -0.3 is 15.3 Å². The van der Waals surface area contributed by atoms with Crippen molar-refractivity contribution in [1.29, 1.82) is 0 Å². The van der Waals surface area contributed by atoms with Gasteiger partial charge in [0.05, 0.1) is 12.1 Å². The molecule has 16 heavy (non-hydrogen) atoms. The molecule has 1 heterocycles. The van der Waals surface area contributed by atoms with Crippen LogP contribution in [0.5, 0.6) is 0 Å². The van der Waals surface area contributed by atoms with Gasteiger partial charge in [-0.25, -0.2) is 4.79 Å². The van der Waals surface area contributed by atoms with E-state index in [4.69, 9.17) is 5.11 Å². The van der Waals surface area contributed by atoms with Gasteiger partial charge in [0.15, 0.2) is 0 Å². The number of aryl methyl sites for hydroxylation is 1. The first-order chi connectivity index (χ1) is 7.40. The lowest BCUT2D eigenvalue weighted by atomic mass is 10.3. The fourth-order valence-electron chi connectivity index (χ4n) is 1.22. The highest BCUT2D eigenvalue weighted by molar-refractivity contribution is 7.16. The molecule has 0 aliphatic rings. The second-order valence-corrected chi connectivity index (χ2v) is 4.95. The minimum Gasteiger partial charge on any atom is -0.478 e. The number of aromatic carboxylic acids is 1. The Labute approximate surface area is 97.7 Å². The van der Waals surface area contributed by atoms with Crippen molar-refractivity contribution in [2.75, 3.05) is 26.0 Å². The van der Waals surface area contributed by atoms with Crippen LogP contribution >= 0.6 is 11.3 Å². The second kappa shape index (κ2) is 5.09. The molecule has 5 nitrogen and oxygen atoms in total. The van der Waals surface area contributed by atoms with E-state index in [1.807, 2.05) is 0 Å². The normalized spacial score (nSPS) is 10.5. The lowest BCUT2D eigenvalue weighted by molar-refractivity contribution is -0.116. The molecule has 1 aromatic rings. The van der Waals surface area contributed by atoms with Gasteiger partial charge in [-0.3, -0.25) is 4.79 Å². The smallest absolute Gasteiger partial charge is 0.338 e. The van der Waals surface area contributed by atoms with Crippen LogP contribution in [-0.2, 0) is 4.79 Å². The number of hydrogen-bond donors (Lipinski definition) is 2. The van der Waals surface area contributed by atoms with Crippen molar-refractivity contribution in [2.24, 2.45) is 0 Å². The Hall–Kier alpha value is -1.40. The summed E-state index contributed by atoms with van der Waals surface area (Å²) in [5, 5.41) is 11.9. The maximum absolute atomic E-state index is 11.5. The molecule has 0 aromatic carbocycles. The summed E-state index contributed by atoms with van der Waals surface area (Å²) in [4.78, 5) is 24.9. The van der Waals surface area contributed by atoms with Gasteiger partial charge in [0.1, 0.15) is 5.00 Å². The minimum absolute atomic E-state index is 0.148. The van der Waals surface area contributed by atoms with E-state index >= 15 is 0 Å². The predicted octanol–water partition coefficient (Wildman–Crippen LogP) is 1.25. The third-order valence-electron chi connectivity index (χ3n) is 1.80. The molecule has 0 saturated heterocycles. The lowest BCUT2D eigenvalue weighted by Gasteiger charge is -2.09. The van der Waals surface area contributed by atoms with Crippen LogP contribution in [0.3, 0.4) is 0 Å². The van der Waals surface area contributed by atoms with Crippen molar-refractivity contribution in [1.82, 2.24) is 4.90 Å². The largest absolute Gasteiger partial charge is 0.478 e. The summed E-state index contributed by atoms with van der Waals surface area (Å²) >= 11 is 1.27. The molecule has 0 radical (unpaired) electrons. The Morgan fingerprint density at radius 3 is 2.62 bits per heavy atom. The zero-order valence-corrected chi connectivity index (χ0v) is 10.2. The van der Waals surface area contributed by atoms with Gasteiger partial charge in [-0.1, -0.05) is 0 Å². The van der Waals surface area contributed by atoms with Gasteiger partial charge in [0.25, 0.3) is 0 Å². The number of nitrogens with one attached hydrogen (secondary N) is 1. The summed E-state index contributed by atoms with van der Waals surface area (Å²) in [6, 6.07) is 1.55. The fourth-order valence-corrected chi connectivity index (χ4v) is 2.14. The second-order valence-electron chi connectivity index (χ2n) is 3.69. The van der Waals surface area contributed by atoms with Crippen LogP contribution in [0.2, 0.25) is 0 Å². The molecular weight excluding hydrogens is 228 g/mol. The Kier molecular flexibility index (Phi) is 4.03. The zero-order chi connectivity index (χ0) is 12.3. The van der Waals surface area contributed by atoms with E-state index in [1.54, 1.807) is 32.0 Å². The molecule has 1 aromatic heterocycles. The predicted molar refractivity (Wildman–Crippen MR) is 63.2 cm³/mol. The van der Waals surface area contributed by atoms with E-state index in [0.29, 0.717) is 5.00 Å². The lowest BCUT2D eigenvalue weighted by Crippen LogP contribution is -2.27. The standard InChI is InChI=1S/C10H14N2O3S/c1-6-4-7(10(14)15)9(16-6)11-8(13)5-12(2)3/h4H,5H2,1-3H3,(H,11,13)(H,14,15). The van der Waals surface area contributed by atoms with E-state index in [1.165, 1.54) is 11.3 Å². The fraction of sp³-hybridized carbons (Fsp3) is 0.400. The third-order valence-corrected chi connectivity index (χ3v) is 2.76. The van der Waals surface area contributed by atoms with E-state index < -0.39 is 5.97 Å². The van der Waals surface area contributed by atoms with Crippen molar-refractivity contribution >= 4 is 28.2 Å². The molecule has 1 rings (SSSR count). The van der Waals surface area contributed by atoms with Crippen LogP contribution in [0.25, 0.3) is 0 Å². The van der Waals surface area contributed by atoms with E-state index in [0.717, 1.165) is 4.88 Å². The topological polar surface area (TPSA) is 69.6 Å². The molecule has 0 fully saturated rings. The van der Waals surface area contributed by atoms with Gasteiger partial charge in [-0.2, -0.15) is 0 Å². The molecule has 0 aliphatic carbocycles. The van der Waals surface area contributed by atoms with Gasteiger partial charge in [0.2, 0.25) is 5.91 Å². The molecule has 0 saturated carbocycles. The highest BCUT2D eigenvalue weighted by atomic mass is 32.1. The first kappa shape index (κ1) is 12.7. The summed E-state index contributed by atoms with van der Waals surface area (Å²) in [6.07, 6.45) is 0. The number of hydrogen-bond acceptors (Lipinski definition) is 4. The Balaban J connectivity index is 2.80. The number of nitrogens with zero attached hydrogens (tertiary/aromatic N) is 1. The van der Waals surface area contributed by atoms with Crippen molar-refractivity contribution in [3.8, 4) is 0 Å². The van der Waals surface area contributed by atoms with Gasteiger partial charge in [0, 0.05) is 4.88 Å². The number of carbonyl (C=O) groups excluding carboxylic acids is 1. The summed E-state index contributed by atoms with van der Waals surface area (Å²) in [5.74, 6) is -1.24. The molecule has 88 valence electrons. The number of anilines is 1. The van der Waals surface area contributed by atoms with Gasteiger partial charge in [-0.15, -0.1) is 11.3 Å². The van der Waals surface area contributed by atoms with Crippen LogP contribution in [0.1, 0.15) is 15.2 Å². The number of carboxylic acids is 1. The highest BCUT2D eigenvalue weighted by Crippen LogP contribution is 2.27. The number of carbonyl (C=O) groups is 2. The van der Waals surface area contributed by atoms with Crippen LogP contribution in [-0.4, -0.2) is 42.5 Å². The number of thiophene rings is 1. The minimum atomic E-state index is -1.02. The van der Waals surface area contributed by atoms with Crippen LogP contribution < -0.4 is 5.32 Å². The highest BCUT2D eigenvalue weighted by Gasteiger charge is 2.15. The molecule has 2 N–H and O–H groups in total. The van der Waals surface area contributed by atoms with Crippen LogP contribution in [0.15, 0.2) is 6.07 Å². The average Bonchev–Trinajstić information content (AvgIpc) is 2.44. The summed E-state index contributed by atoms with van der Waals surface area (Å²) < 4.78 is 0. The summed E-state index contributed by atoms with van der Waals surface area (Å²) in [5.41, 5.74) is 0.148. The quantitative estimate of drug-likeness (QED) is 0.833. The van der Waals surface area contributed by atoms with Crippen molar-refractivity contribution < 1.29 is 14.7 Å². The maximum Gasteiger partial charge on any atom is 0.338 e. The van der Waals surface area contributed by atoms with E-state index in [9.17, 15) is 9.59 Å². The van der Waals surface area contributed by atoms with Crippen molar-refractivity contribution in [2.45, 2.75) is 6.92 Å². The van der Waals surface area contributed by atoms with Gasteiger partial charge in [-0.05, 0) is 27.1 Å². The molecule has 0 unspecified atom stereocenters. The van der Waals surface area contributed by atoms with Crippen LogP contribution in [0, 0.1) is 6.92 Å². The Bertz CT molecular complexity index is 412. The monoisotopic (exact) mass is 242 g/mol. The number of carboxylic acid groups (broad SMARTS) is 1. The zero-order valence-electron chi connectivity index (χ0n) is 9.40. The molecular formula is C10H14N2O3S. The first-order valence-electron chi connectivity index (χ1n) is 4.68. The Morgan fingerprint density at radius 2 is 2.12 bits per heavy atom.